The van der Waals surface area contributed by atoms with E-state index in [9.17, 15) is 9.18 Å². The highest BCUT2D eigenvalue weighted by atomic mass is 19.1. The Balaban J connectivity index is 1.56. The lowest BCUT2D eigenvalue weighted by atomic mass is 10.1. The zero-order valence-electron chi connectivity index (χ0n) is 10.7. The van der Waals surface area contributed by atoms with Gasteiger partial charge >= 0.3 is 0 Å². The molecule has 0 fully saturated rings. The van der Waals surface area contributed by atoms with Crippen molar-refractivity contribution in [1.82, 2.24) is 10.3 Å². The molecule has 0 saturated heterocycles. The molecule has 102 valence electrons. The number of para-hydroxylation sites is 1. The largest absolute Gasteiger partial charge is 0.488 e. The van der Waals surface area contributed by atoms with Crippen LogP contribution >= 0.6 is 0 Å². The third kappa shape index (κ3) is 2.61. The van der Waals surface area contributed by atoms with E-state index < -0.39 is 5.95 Å². The monoisotopic (exact) mass is 272 g/mol. The summed E-state index contributed by atoms with van der Waals surface area (Å²) in [6.07, 6.45) is 1.93. The van der Waals surface area contributed by atoms with Crippen LogP contribution in [-0.2, 0) is 6.42 Å². The number of aromatic nitrogens is 1. The number of rotatable bonds is 3. The number of fused-ring (bicyclic) bond motifs is 1. The van der Waals surface area contributed by atoms with Crippen LogP contribution in [-0.4, -0.2) is 23.5 Å². The van der Waals surface area contributed by atoms with E-state index in [4.69, 9.17) is 4.74 Å². The first-order valence-corrected chi connectivity index (χ1v) is 6.37. The van der Waals surface area contributed by atoms with Crippen LogP contribution in [0.1, 0.15) is 15.9 Å². The summed E-state index contributed by atoms with van der Waals surface area (Å²) in [5, 5.41) is 2.77. The Morgan fingerprint density at radius 2 is 2.20 bits per heavy atom. The highest BCUT2D eigenvalue weighted by molar-refractivity contribution is 5.93. The Hall–Kier alpha value is -2.43. The summed E-state index contributed by atoms with van der Waals surface area (Å²) in [6.45, 7) is 0.408. The summed E-state index contributed by atoms with van der Waals surface area (Å²) in [6, 6.07) is 10.4. The number of halogens is 1. The number of benzene rings is 1. The summed E-state index contributed by atoms with van der Waals surface area (Å²) in [5.74, 6) is -0.0108. The number of carbonyl (C=O) groups is 1. The lowest BCUT2D eigenvalue weighted by molar-refractivity contribution is 0.0933. The molecule has 20 heavy (non-hydrogen) atoms. The van der Waals surface area contributed by atoms with Crippen LogP contribution in [0.3, 0.4) is 0 Å². The SMILES string of the molecule is O=C(NCC1Cc2ccccc2O1)c1ccc(F)nc1. The second-order valence-corrected chi connectivity index (χ2v) is 4.63. The minimum atomic E-state index is -0.601. The van der Waals surface area contributed by atoms with Gasteiger partial charge in [-0.3, -0.25) is 4.79 Å². The van der Waals surface area contributed by atoms with E-state index in [2.05, 4.69) is 10.3 Å². The molecule has 5 heteroatoms. The molecular weight excluding hydrogens is 259 g/mol. The molecular formula is C15H13FN2O2. The quantitative estimate of drug-likeness (QED) is 0.869. The molecule has 2 aromatic rings. The lowest BCUT2D eigenvalue weighted by Gasteiger charge is -2.11. The third-order valence-electron chi connectivity index (χ3n) is 3.19. The zero-order valence-corrected chi connectivity index (χ0v) is 10.7. The smallest absolute Gasteiger partial charge is 0.252 e. The first-order chi connectivity index (χ1) is 9.72. The van der Waals surface area contributed by atoms with Crippen LogP contribution in [0.25, 0.3) is 0 Å². The van der Waals surface area contributed by atoms with Crippen LogP contribution in [0.2, 0.25) is 0 Å². The lowest BCUT2D eigenvalue weighted by Crippen LogP contribution is -2.34. The summed E-state index contributed by atoms with van der Waals surface area (Å²) in [4.78, 5) is 15.3. The van der Waals surface area contributed by atoms with Gasteiger partial charge in [0.05, 0.1) is 12.1 Å². The van der Waals surface area contributed by atoms with E-state index in [0.29, 0.717) is 12.1 Å². The van der Waals surface area contributed by atoms with Crippen molar-refractivity contribution in [2.75, 3.05) is 6.54 Å². The van der Waals surface area contributed by atoms with Gasteiger partial charge in [-0.05, 0) is 23.8 Å². The number of pyridine rings is 1. The third-order valence-corrected chi connectivity index (χ3v) is 3.19. The van der Waals surface area contributed by atoms with Gasteiger partial charge in [0.1, 0.15) is 11.9 Å². The molecule has 0 saturated carbocycles. The fourth-order valence-corrected chi connectivity index (χ4v) is 2.19. The molecule has 1 unspecified atom stereocenters. The van der Waals surface area contributed by atoms with Crippen molar-refractivity contribution in [1.29, 1.82) is 0 Å². The Labute approximate surface area is 115 Å². The van der Waals surface area contributed by atoms with E-state index in [1.165, 1.54) is 12.3 Å². The highest BCUT2D eigenvalue weighted by Crippen LogP contribution is 2.27. The van der Waals surface area contributed by atoms with E-state index in [0.717, 1.165) is 23.8 Å². The van der Waals surface area contributed by atoms with Crippen LogP contribution < -0.4 is 10.1 Å². The Kier molecular flexibility index (Phi) is 3.33. The van der Waals surface area contributed by atoms with Crippen LogP contribution in [0, 0.1) is 5.95 Å². The first kappa shape index (κ1) is 12.6. The molecule has 0 radical (unpaired) electrons. The van der Waals surface area contributed by atoms with Crippen molar-refractivity contribution in [2.45, 2.75) is 12.5 Å². The molecule has 1 atom stereocenters. The molecule has 1 N–H and O–H groups in total. The zero-order chi connectivity index (χ0) is 13.9. The predicted molar refractivity (Wildman–Crippen MR) is 71.1 cm³/mol. The predicted octanol–water partition coefficient (Wildman–Crippen LogP) is 1.95. The van der Waals surface area contributed by atoms with Gasteiger partial charge in [0.15, 0.2) is 0 Å². The van der Waals surface area contributed by atoms with Crippen molar-refractivity contribution in [3.8, 4) is 5.75 Å². The molecule has 1 aromatic carbocycles. The number of hydrogen-bond acceptors (Lipinski definition) is 3. The molecule has 3 rings (SSSR count). The fraction of sp³-hybridized carbons (Fsp3) is 0.200. The van der Waals surface area contributed by atoms with Gasteiger partial charge in [-0.2, -0.15) is 4.39 Å². The number of nitrogens with one attached hydrogen (secondary N) is 1. The van der Waals surface area contributed by atoms with Crippen LogP contribution in [0.4, 0.5) is 4.39 Å². The van der Waals surface area contributed by atoms with Gasteiger partial charge in [0.25, 0.3) is 5.91 Å². The second kappa shape index (κ2) is 5.28. The summed E-state index contributed by atoms with van der Waals surface area (Å²) < 4.78 is 18.4. The van der Waals surface area contributed by atoms with Gasteiger partial charge in [-0.1, -0.05) is 18.2 Å². The highest BCUT2D eigenvalue weighted by Gasteiger charge is 2.22. The summed E-state index contributed by atoms with van der Waals surface area (Å²) >= 11 is 0. The topological polar surface area (TPSA) is 51.2 Å². The number of ether oxygens (including phenoxy) is 1. The van der Waals surface area contributed by atoms with Gasteiger partial charge in [-0.25, -0.2) is 4.98 Å². The van der Waals surface area contributed by atoms with E-state index in [1.54, 1.807) is 0 Å². The van der Waals surface area contributed by atoms with Crippen molar-refractivity contribution in [3.63, 3.8) is 0 Å². The van der Waals surface area contributed by atoms with Crippen LogP contribution in [0.15, 0.2) is 42.6 Å². The number of carbonyl (C=O) groups excluding carboxylic acids is 1. The molecule has 0 aliphatic carbocycles. The molecule has 1 aliphatic heterocycles. The number of amides is 1. The van der Waals surface area contributed by atoms with Crippen LogP contribution in [0.5, 0.6) is 5.75 Å². The minimum Gasteiger partial charge on any atom is -0.488 e. The fourth-order valence-electron chi connectivity index (χ4n) is 2.19. The van der Waals surface area contributed by atoms with Crippen molar-refractivity contribution >= 4 is 5.91 Å². The van der Waals surface area contributed by atoms with Crippen molar-refractivity contribution in [3.05, 3.63) is 59.7 Å². The maximum absolute atomic E-state index is 12.7. The van der Waals surface area contributed by atoms with E-state index in [1.807, 2.05) is 24.3 Å². The maximum Gasteiger partial charge on any atom is 0.252 e. The Morgan fingerprint density at radius 3 is 2.95 bits per heavy atom. The normalized spacial score (nSPS) is 16.4. The average Bonchev–Trinajstić information content (AvgIpc) is 2.88. The van der Waals surface area contributed by atoms with Crippen molar-refractivity contribution in [2.24, 2.45) is 0 Å². The molecule has 0 bridgehead atoms. The standard InChI is InChI=1S/C15H13FN2O2/c16-14-6-5-11(8-17-14)15(19)18-9-12-7-10-3-1-2-4-13(10)20-12/h1-6,8,12H,7,9H2,(H,18,19). The van der Waals surface area contributed by atoms with Gasteiger partial charge in [0.2, 0.25) is 5.95 Å². The number of hydrogen-bond donors (Lipinski definition) is 1. The number of nitrogens with zero attached hydrogens (tertiary/aromatic N) is 1. The molecule has 4 nitrogen and oxygen atoms in total. The molecule has 1 aliphatic rings. The molecule has 2 heterocycles. The summed E-state index contributed by atoms with van der Waals surface area (Å²) in [7, 11) is 0. The molecule has 1 amide bonds. The van der Waals surface area contributed by atoms with E-state index in [-0.39, 0.29) is 12.0 Å². The minimum absolute atomic E-state index is 0.0650. The van der Waals surface area contributed by atoms with Gasteiger partial charge in [0, 0.05) is 12.6 Å². The van der Waals surface area contributed by atoms with Gasteiger partial charge < -0.3 is 10.1 Å². The Bertz CT molecular complexity index is 603. The maximum atomic E-state index is 12.7. The first-order valence-electron chi connectivity index (χ1n) is 6.37. The van der Waals surface area contributed by atoms with Gasteiger partial charge in [-0.15, -0.1) is 0 Å². The second-order valence-electron chi connectivity index (χ2n) is 4.63. The molecule has 0 spiro atoms. The Morgan fingerprint density at radius 1 is 1.35 bits per heavy atom. The average molecular weight is 272 g/mol. The van der Waals surface area contributed by atoms with E-state index >= 15 is 0 Å². The molecule has 1 aromatic heterocycles. The van der Waals surface area contributed by atoms with Crippen molar-refractivity contribution < 1.29 is 13.9 Å². The summed E-state index contributed by atoms with van der Waals surface area (Å²) in [5.41, 5.74) is 1.48.